The number of aromatic nitrogens is 5. The highest BCUT2D eigenvalue weighted by atomic mass is 32.1. The van der Waals surface area contributed by atoms with Gasteiger partial charge in [-0.3, -0.25) is 23.1 Å². The van der Waals surface area contributed by atoms with Crippen molar-refractivity contribution in [1.82, 2.24) is 23.7 Å². The number of hydrogen-bond acceptors (Lipinski definition) is 6. The van der Waals surface area contributed by atoms with Gasteiger partial charge in [-0.1, -0.05) is 11.3 Å². The van der Waals surface area contributed by atoms with Crippen molar-refractivity contribution in [2.24, 2.45) is 7.05 Å². The predicted octanol–water partition coefficient (Wildman–Crippen LogP) is 1.22. The van der Waals surface area contributed by atoms with E-state index in [1.807, 2.05) is 28.2 Å². The summed E-state index contributed by atoms with van der Waals surface area (Å²) in [5, 5.41) is 12.0. The first-order chi connectivity index (χ1) is 10.6. The smallest absolute Gasteiger partial charge is 0.296 e. The van der Waals surface area contributed by atoms with Gasteiger partial charge in [0.05, 0.1) is 12.1 Å². The molecular formula is C13H11N5O2S2. The minimum absolute atomic E-state index is 0.0272. The van der Waals surface area contributed by atoms with Gasteiger partial charge in [0.2, 0.25) is 5.78 Å². The Hall–Kier alpha value is -2.26. The molecule has 7 nitrogen and oxygen atoms in total. The zero-order valence-electron chi connectivity index (χ0n) is 11.8. The highest BCUT2D eigenvalue weighted by Gasteiger charge is 2.16. The van der Waals surface area contributed by atoms with Crippen LogP contribution in [0.1, 0.15) is 11.5 Å². The summed E-state index contributed by atoms with van der Waals surface area (Å²) < 4.78 is 5.64. The summed E-state index contributed by atoms with van der Waals surface area (Å²) in [4.78, 5) is 24.2. The first-order valence-electron chi connectivity index (χ1n) is 6.53. The van der Waals surface area contributed by atoms with Crippen LogP contribution in [0.4, 0.5) is 0 Å². The van der Waals surface area contributed by atoms with Crippen LogP contribution in [-0.2, 0) is 13.6 Å². The van der Waals surface area contributed by atoms with E-state index in [1.165, 1.54) is 27.2 Å². The minimum atomic E-state index is -0.0830. The lowest BCUT2D eigenvalue weighted by molar-refractivity contribution is 0.705. The van der Waals surface area contributed by atoms with Crippen LogP contribution in [0.3, 0.4) is 0 Å². The number of fused-ring (bicyclic) bond motifs is 3. The number of thiophene rings is 1. The number of aryl methyl sites for hydroxylation is 2. The molecule has 0 radical (unpaired) electrons. The highest BCUT2D eigenvalue weighted by Crippen LogP contribution is 2.19. The second-order valence-corrected chi connectivity index (χ2v) is 6.72. The van der Waals surface area contributed by atoms with Crippen LogP contribution >= 0.6 is 22.7 Å². The Labute approximate surface area is 131 Å². The third-order valence-electron chi connectivity index (χ3n) is 3.67. The molecule has 0 unspecified atom stereocenters. The van der Waals surface area contributed by atoms with Gasteiger partial charge >= 0.3 is 4.87 Å². The second-order valence-electron chi connectivity index (χ2n) is 4.98. The maximum atomic E-state index is 12.3. The Balaban J connectivity index is 2.04. The highest BCUT2D eigenvalue weighted by molar-refractivity contribution is 7.17. The van der Waals surface area contributed by atoms with Crippen molar-refractivity contribution in [3.05, 3.63) is 48.4 Å². The fourth-order valence-corrected chi connectivity index (χ4v) is 4.08. The first kappa shape index (κ1) is 13.4. The summed E-state index contributed by atoms with van der Waals surface area (Å²) in [5.74, 6) is 1.12. The van der Waals surface area contributed by atoms with E-state index in [9.17, 15) is 9.59 Å². The van der Waals surface area contributed by atoms with Gasteiger partial charge in [-0.05, 0) is 18.4 Å². The average molecular weight is 333 g/mol. The van der Waals surface area contributed by atoms with Crippen LogP contribution in [0.2, 0.25) is 0 Å². The molecule has 4 heterocycles. The summed E-state index contributed by atoms with van der Waals surface area (Å²) in [6.45, 7) is 2.22. The lowest BCUT2D eigenvalue weighted by Crippen LogP contribution is -2.21. The van der Waals surface area contributed by atoms with Crippen LogP contribution < -0.4 is 10.4 Å². The molecule has 0 aromatic carbocycles. The quantitative estimate of drug-likeness (QED) is 0.553. The molecule has 4 rings (SSSR count). The third kappa shape index (κ3) is 1.72. The normalized spacial score (nSPS) is 11.7. The van der Waals surface area contributed by atoms with Crippen LogP contribution in [0.25, 0.3) is 16.0 Å². The van der Waals surface area contributed by atoms with Crippen molar-refractivity contribution in [2.75, 3.05) is 0 Å². The Morgan fingerprint density at radius 1 is 1.23 bits per heavy atom. The molecule has 0 saturated heterocycles. The van der Waals surface area contributed by atoms with Crippen molar-refractivity contribution < 1.29 is 0 Å². The SMILES string of the molecule is Cc1csc(=O)n1Cc1nnc2n(C)c(=O)c3sccc3n12. The molecule has 0 bridgehead atoms. The predicted molar refractivity (Wildman–Crippen MR) is 86.0 cm³/mol. The standard InChI is InChI=1S/C13H11N5O2S2/c1-7-6-22-13(20)17(7)5-9-14-15-12-16(2)11(19)10-8(18(9)12)3-4-21-10/h3-4,6H,5H2,1-2H3. The summed E-state index contributed by atoms with van der Waals surface area (Å²) in [7, 11) is 1.68. The fraction of sp³-hybridized carbons (Fsp3) is 0.231. The van der Waals surface area contributed by atoms with Crippen LogP contribution in [0.15, 0.2) is 26.4 Å². The summed E-state index contributed by atoms with van der Waals surface area (Å²) in [6, 6.07) is 1.88. The van der Waals surface area contributed by atoms with Gasteiger partial charge in [0, 0.05) is 18.1 Å². The summed E-state index contributed by atoms with van der Waals surface area (Å²) in [5.41, 5.74) is 1.59. The third-order valence-corrected chi connectivity index (χ3v) is 5.45. The van der Waals surface area contributed by atoms with E-state index in [4.69, 9.17) is 0 Å². The zero-order valence-corrected chi connectivity index (χ0v) is 13.4. The Bertz CT molecular complexity index is 1130. The number of rotatable bonds is 2. The molecule has 0 spiro atoms. The maximum absolute atomic E-state index is 12.3. The Morgan fingerprint density at radius 2 is 2.05 bits per heavy atom. The second kappa shape index (κ2) is 4.62. The van der Waals surface area contributed by atoms with E-state index in [0.29, 0.717) is 22.8 Å². The largest absolute Gasteiger partial charge is 0.307 e. The van der Waals surface area contributed by atoms with Gasteiger partial charge in [0.25, 0.3) is 5.56 Å². The topological polar surface area (TPSA) is 74.2 Å². The van der Waals surface area contributed by atoms with Crippen LogP contribution in [0, 0.1) is 6.92 Å². The molecule has 0 aliphatic heterocycles. The van der Waals surface area contributed by atoms with Crippen LogP contribution in [-0.4, -0.2) is 23.7 Å². The van der Waals surface area contributed by atoms with Gasteiger partial charge in [-0.15, -0.1) is 21.5 Å². The molecule has 0 N–H and O–H groups in total. The van der Waals surface area contributed by atoms with E-state index in [-0.39, 0.29) is 10.4 Å². The molecule has 0 aliphatic rings. The van der Waals surface area contributed by atoms with E-state index in [0.717, 1.165) is 11.2 Å². The van der Waals surface area contributed by atoms with Crippen molar-refractivity contribution in [1.29, 1.82) is 0 Å². The summed E-state index contributed by atoms with van der Waals surface area (Å²) >= 11 is 2.56. The lowest BCUT2D eigenvalue weighted by atomic mass is 10.4. The van der Waals surface area contributed by atoms with Crippen molar-refractivity contribution in [2.45, 2.75) is 13.5 Å². The molecule has 0 saturated carbocycles. The molecule has 0 amide bonds. The first-order valence-corrected chi connectivity index (χ1v) is 8.29. The molecule has 22 heavy (non-hydrogen) atoms. The van der Waals surface area contributed by atoms with Gasteiger partial charge in [0.15, 0.2) is 5.82 Å². The molecule has 4 aromatic heterocycles. The van der Waals surface area contributed by atoms with E-state index in [1.54, 1.807) is 11.6 Å². The molecule has 9 heteroatoms. The number of thiazole rings is 1. The monoisotopic (exact) mass is 333 g/mol. The fourth-order valence-electron chi connectivity index (χ4n) is 2.49. The number of hydrogen-bond donors (Lipinski definition) is 0. The van der Waals surface area contributed by atoms with E-state index in [2.05, 4.69) is 10.2 Å². The molecule has 0 aliphatic carbocycles. The minimum Gasteiger partial charge on any atom is -0.296 e. The van der Waals surface area contributed by atoms with Gasteiger partial charge in [-0.2, -0.15) is 0 Å². The van der Waals surface area contributed by atoms with Crippen molar-refractivity contribution in [3.8, 4) is 0 Å². The van der Waals surface area contributed by atoms with Crippen LogP contribution in [0.5, 0.6) is 0 Å². The zero-order chi connectivity index (χ0) is 15.4. The summed E-state index contributed by atoms with van der Waals surface area (Å²) in [6.07, 6.45) is 0. The van der Waals surface area contributed by atoms with Gasteiger partial charge < -0.3 is 0 Å². The van der Waals surface area contributed by atoms with Crippen molar-refractivity contribution in [3.63, 3.8) is 0 Å². The molecule has 4 aromatic rings. The number of nitrogens with zero attached hydrogens (tertiary/aromatic N) is 5. The van der Waals surface area contributed by atoms with Crippen molar-refractivity contribution >= 4 is 38.7 Å². The Morgan fingerprint density at radius 3 is 2.77 bits per heavy atom. The maximum Gasteiger partial charge on any atom is 0.307 e. The average Bonchev–Trinajstić information content (AvgIpc) is 3.19. The molecule has 0 fully saturated rings. The van der Waals surface area contributed by atoms with Gasteiger partial charge in [-0.25, -0.2) is 0 Å². The molecular weight excluding hydrogens is 322 g/mol. The lowest BCUT2D eigenvalue weighted by Gasteiger charge is -2.06. The van der Waals surface area contributed by atoms with E-state index < -0.39 is 0 Å². The molecule has 112 valence electrons. The Kier molecular flexibility index (Phi) is 2.81. The van der Waals surface area contributed by atoms with Gasteiger partial charge in [0.1, 0.15) is 4.70 Å². The molecule has 0 atom stereocenters. The van der Waals surface area contributed by atoms with E-state index >= 15 is 0 Å².